The number of carbonyl (C=O) groups is 1. The third kappa shape index (κ3) is 2.27. The third-order valence-electron chi connectivity index (χ3n) is 4.52. The van der Waals surface area contributed by atoms with Gasteiger partial charge in [0.2, 0.25) is 6.79 Å². The second kappa shape index (κ2) is 5.77. The molecule has 1 aromatic heterocycles. The third-order valence-corrected chi connectivity index (χ3v) is 4.52. The first kappa shape index (κ1) is 14.8. The lowest BCUT2D eigenvalue weighted by Gasteiger charge is -2.23. The van der Waals surface area contributed by atoms with Gasteiger partial charge in [0.05, 0.1) is 11.4 Å². The Hall–Kier alpha value is -3.54. The minimum absolute atomic E-state index is 0.167. The van der Waals surface area contributed by atoms with Crippen molar-refractivity contribution in [1.29, 1.82) is 0 Å². The molecule has 6 nitrogen and oxygen atoms in total. The summed E-state index contributed by atoms with van der Waals surface area (Å²) >= 11 is 0. The number of benzene rings is 2. The first-order valence-electron chi connectivity index (χ1n) is 8.32. The summed E-state index contributed by atoms with van der Waals surface area (Å²) in [4.78, 5) is 19.6. The Labute approximate surface area is 150 Å². The van der Waals surface area contributed by atoms with E-state index in [1.807, 2.05) is 36.4 Å². The van der Waals surface area contributed by atoms with Gasteiger partial charge in [-0.1, -0.05) is 18.2 Å². The Kier molecular flexibility index (Phi) is 3.28. The van der Waals surface area contributed by atoms with E-state index < -0.39 is 0 Å². The molecule has 2 aliphatic rings. The van der Waals surface area contributed by atoms with Gasteiger partial charge in [0.15, 0.2) is 11.5 Å². The van der Waals surface area contributed by atoms with Crippen molar-refractivity contribution in [2.24, 2.45) is 0 Å². The molecule has 2 aliphatic heterocycles. The summed E-state index contributed by atoms with van der Waals surface area (Å²) in [6.45, 7) is 0.777. The van der Waals surface area contributed by atoms with Gasteiger partial charge in [-0.05, 0) is 36.4 Å². The Morgan fingerprint density at radius 2 is 1.92 bits per heavy atom. The van der Waals surface area contributed by atoms with Crippen LogP contribution in [0.4, 0.5) is 17.2 Å². The van der Waals surface area contributed by atoms with Crippen molar-refractivity contribution in [3.8, 4) is 11.5 Å². The van der Waals surface area contributed by atoms with E-state index in [-0.39, 0.29) is 12.7 Å². The highest BCUT2D eigenvalue weighted by Crippen LogP contribution is 2.39. The number of rotatable bonds is 1. The van der Waals surface area contributed by atoms with Gasteiger partial charge in [-0.25, -0.2) is 4.98 Å². The van der Waals surface area contributed by atoms with Crippen LogP contribution in [0.25, 0.3) is 0 Å². The van der Waals surface area contributed by atoms with E-state index in [0.717, 1.165) is 16.9 Å². The molecular weight excluding hydrogens is 330 g/mol. The van der Waals surface area contributed by atoms with E-state index in [2.05, 4.69) is 10.3 Å². The minimum atomic E-state index is -0.167. The van der Waals surface area contributed by atoms with Crippen molar-refractivity contribution < 1.29 is 14.3 Å². The Balaban J connectivity index is 1.66. The van der Waals surface area contributed by atoms with Crippen LogP contribution in [0, 0.1) is 0 Å². The number of para-hydroxylation sites is 2. The zero-order valence-corrected chi connectivity index (χ0v) is 13.8. The maximum Gasteiger partial charge on any atom is 0.264 e. The number of nitrogens with one attached hydrogen (secondary N) is 1. The molecule has 0 bridgehead atoms. The highest BCUT2D eigenvalue weighted by atomic mass is 16.7. The number of ether oxygens (including phenoxy) is 2. The van der Waals surface area contributed by atoms with Gasteiger partial charge in [-0.3, -0.25) is 9.69 Å². The first-order chi connectivity index (χ1) is 12.8. The van der Waals surface area contributed by atoms with Crippen LogP contribution in [0.5, 0.6) is 11.5 Å². The molecule has 0 fully saturated rings. The van der Waals surface area contributed by atoms with Crippen molar-refractivity contribution >= 4 is 23.1 Å². The Bertz CT molecular complexity index is 971. The number of hydrogen-bond donors (Lipinski definition) is 1. The molecule has 6 heteroatoms. The molecule has 0 radical (unpaired) electrons. The van der Waals surface area contributed by atoms with E-state index >= 15 is 0 Å². The highest BCUT2D eigenvalue weighted by molar-refractivity contribution is 6.13. The van der Waals surface area contributed by atoms with Gasteiger partial charge in [0, 0.05) is 23.9 Å². The molecule has 26 heavy (non-hydrogen) atoms. The van der Waals surface area contributed by atoms with Gasteiger partial charge < -0.3 is 14.8 Å². The summed E-state index contributed by atoms with van der Waals surface area (Å²) in [6, 6.07) is 16.8. The number of nitrogens with zero attached hydrogens (tertiary/aromatic N) is 2. The van der Waals surface area contributed by atoms with Crippen LogP contribution in [-0.4, -0.2) is 17.7 Å². The Morgan fingerprint density at radius 3 is 2.88 bits per heavy atom. The summed E-state index contributed by atoms with van der Waals surface area (Å²) in [5.41, 5.74) is 3.13. The molecule has 2 aromatic carbocycles. The van der Waals surface area contributed by atoms with Crippen LogP contribution in [0.15, 0.2) is 60.8 Å². The topological polar surface area (TPSA) is 63.7 Å². The molecule has 128 valence electrons. The van der Waals surface area contributed by atoms with Gasteiger partial charge in [0.25, 0.3) is 5.91 Å². The lowest BCUT2D eigenvalue weighted by atomic mass is 10.1. The monoisotopic (exact) mass is 345 g/mol. The normalized spacial score (nSPS) is 14.1. The summed E-state index contributed by atoms with van der Waals surface area (Å²) in [5, 5.41) is 3.38. The van der Waals surface area contributed by atoms with Crippen LogP contribution in [0.3, 0.4) is 0 Å². The first-order valence-corrected chi connectivity index (χ1v) is 8.32. The largest absolute Gasteiger partial charge is 0.454 e. The smallest absolute Gasteiger partial charge is 0.264 e. The standard InChI is InChI=1S/C20H15N3O3/c24-20(13-7-8-17-18(10-13)26-12-25-17)23-16-6-2-1-5-15(16)22-11-14-4-3-9-21-19(14)23/h1-10,22H,11-12H2. The number of amides is 1. The molecule has 5 rings (SSSR count). The number of anilines is 3. The molecule has 0 saturated carbocycles. The zero-order chi connectivity index (χ0) is 17.5. The molecule has 0 atom stereocenters. The fourth-order valence-corrected chi connectivity index (χ4v) is 3.26. The van der Waals surface area contributed by atoms with Crippen LogP contribution < -0.4 is 19.7 Å². The van der Waals surface area contributed by atoms with E-state index in [1.165, 1.54) is 0 Å². The molecule has 1 amide bonds. The summed E-state index contributed by atoms with van der Waals surface area (Å²) < 4.78 is 10.8. The van der Waals surface area contributed by atoms with Crippen LogP contribution >= 0.6 is 0 Å². The van der Waals surface area contributed by atoms with Gasteiger partial charge in [-0.2, -0.15) is 0 Å². The molecular formula is C20H15N3O3. The summed E-state index contributed by atoms with van der Waals surface area (Å²) in [5.74, 6) is 1.70. The molecule has 3 heterocycles. The molecule has 0 spiro atoms. The molecule has 0 unspecified atom stereocenters. The molecule has 1 N–H and O–H groups in total. The minimum Gasteiger partial charge on any atom is -0.454 e. The fraction of sp³-hybridized carbons (Fsp3) is 0.100. The second-order valence-corrected chi connectivity index (χ2v) is 6.07. The van der Waals surface area contributed by atoms with Gasteiger partial charge in [0.1, 0.15) is 5.82 Å². The number of carbonyl (C=O) groups excluding carboxylic acids is 1. The van der Waals surface area contributed by atoms with Gasteiger partial charge >= 0.3 is 0 Å². The maximum absolute atomic E-state index is 13.4. The van der Waals surface area contributed by atoms with Crippen LogP contribution in [0.1, 0.15) is 15.9 Å². The SMILES string of the molecule is O=C(c1ccc2c(c1)OCO2)N1c2ccccc2NCc2cccnc21. The van der Waals surface area contributed by atoms with Crippen molar-refractivity contribution in [3.63, 3.8) is 0 Å². The van der Waals surface area contributed by atoms with Crippen molar-refractivity contribution in [3.05, 3.63) is 71.9 Å². The summed E-state index contributed by atoms with van der Waals surface area (Å²) in [6.07, 6.45) is 1.70. The van der Waals surface area contributed by atoms with E-state index in [1.54, 1.807) is 29.3 Å². The number of fused-ring (bicyclic) bond motifs is 3. The predicted octanol–water partition coefficient (Wildman–Crippen LogP) is 3.71. The lowest BCUT2D eigenvalue weighted by molar-refractivity contribution is 0.0998. The molecule has 3 aromatic rings. The van der Waals surface area contributed by atoms with Crippen molar-refractivity contribution in [2.45, 2.75) is 6.54 Å². The lowest BCUT2D eigenvalue weighted by Crippen LogP contribution is -2.27. The number of hydrogen-bond acceptors (Lipinski definition) is 5. The quantitative estimate of drug-likeness (QED) is 0.728. The fourth-order valence-electron chi connectivity index (χ4n) is 3.26. The number of aromatic nitrogens is 1. The van der Waals surface area contributed by atoms with E-state index in [4.69, 9.17) is 9.47 Å². The second-order valence-electron chi connectivity index (χ2n) is 6.07. The van der Waals surface area contributed by atoms with Crippen molar-refractivity contribution in [1.82, 2.24) is 4.98 Å². The molecule has 0 aliphatic carbocycles. The van der Waals surface area contributed by atoms with Gasteiger partial charge in [-0.15, -0.1) is 0 Å². The summed E-state index contributed by atoms with van der Waals surface area (Å²) in [7, 11) is 0. The maximum atomic E-state index is 13.4. The van der Waals surface area contributed by atoms with Crippen molar-refractivity contribution in [2.75, 3.05) is 17.0 Å². The van der Waals surface area contributed by atoms with E-state index in [0.29, 0.717) is 29.4 Å². The highest BCUT2D eigenvalue weighted by Gasteiger charge is 2.28. The average molecular weight is 345 g/mol. The van der Waals surface area contributed by atoms with Crippen LogP contribution in [-0.2, 0) is 6.54 Å². The van der Waals surface area contributed by atoms with Crippen LogP contribution in [0.2, 0.25) is 0 Å². The number of pyridine rings is 1. The zero-order valence-electron chi connectivity index (χ0n) is 13.8. The Morgan fingerprint density at radius 1 is 1.04 bits per heavy atom. The molecule has 0 saturated heterocycles. The average Bonchev–Trinajstić information content (AvgIpc) is 3.09. The predicted molar refractivity (Wildman–Crippen MR) is 97.0 cm³/mol. The van der Waals surface area contributed by atoms with E-state index in [9.17, 15) is 4.79 Å².